The van der Waals surface area contributed by atoms with Gasteiger partial charge in [0.25, 0.3) is 0 Å². The van der Waals surface area contributed by atoms with E-state index >= 15 is 0 Å². The van der Waals surface area contributed by atoms with Gasteiger partial charge < -0.3 is 10.1 Å². The lowest BCUT2D eigenvalue weighted by Gasteiger charge is -2.13. The van der Waals surface area contributed by atoms with Crippen molar-refractivity contribution in [3.63, 3.8) is 0 Å². The maximum Gasteiger partial charge on any atom is 0.173 e. The topological polar surface area (TPSA) is 50.7 Å². The highest BCUT2D eigenvalue weighted by atomic mass is 32.2. The Balaban J connectivity index is 1.63. The zero-order chi connectivity index (χ0) is 16.2. The molecule has 2 heterocycles. The van der Waals surface area contributed by atoms with Gasteiger partial charge in [-0.05, 0) is 29.0 Å². The van der Waals surface area contributed by atoms with E-state index in [0.717, 1.165) is 11.8 Å². The molecular formula is C15H12F2N2O2S2. The number of nitroso groups, excluding NO2 is 1. The number of nitrogens with one attached hydrogen (secondary N) is 1. The average molecular weight is 354 g/mol. The Labute approximate surface area is 139 Å². The lowest BCUT2D eigenvalue weighted by atomic mass is 10.2. The minimum Gasteiger partial charge on any atom is -0.484 e. The number of hydrogen-bond acceptors (Lipinski definition) is 6. The number of thioether (sulfide) groups is 1. The monoisotopic (exact) mass is 354 g/mol. The Kier molecular flexibility index (Phi) is 4.92. The van der Waals surface area contributed by atoms with Gasteiger partial charge in [0.15, 0.2) is 11.6 Å². The quantitative estimate of drug-likeness (QED) is 0.774. The molecule has 1 atom stereocenters. The van der Waals surface area contributed by atoms with Crippen LogP contribution >= 0.6 is 23.1 Å². The van der Waals surface area contributed by atoms with Crippen LogP contribution in [0.1, 0.15) is 15.8 Å². The fourth-order valence-corrected chi connectivity index (χ4v) is 3.95. The molecule has 8 heteroatoms. The molecule has 1 N–H and O–H groups in total. The highest BCUT2D eigenvalue weighted by molar-refractivity contribution is 8.02. The molecule has 1 unspecified atom stereocenters. The van der Waals surface area contributed by atoms with Crippen molar-refractivity contribution in [1.82, 2.24) is 5.32 Å². The molecule has 0 bridgehead atoms. The van der Waals surface area contributed by atoms with E-state index in [0.29, 0.717) is 0 Å². The number of hydrogen-bond donors (Lipinski definition) is 1. The van der Waals surface area contributed by atoms with Gasteiger partial charge in [-0.1, -0.05) is 11.2 Å². The van der Waals surface area contributed by atoms with Gasteiger partial charge in [0, 0.05) is 4.88 Å². The average Bonchev–Trinajstić information content (AvgIpc) is 3.21. The Morgan fingerprint density at radius 2 is 2.17 bits per heavy atom. The lowest BCUT2D eigenvalue weighted by molar-refractivity contribution is 0.321. The summed E-state index contributed by atoms with van der Waals surface area (Å²) in [5, 5.41) is 9.86. The first-order chi connectivity index (χ1) is 11.2. The molecule has 0 fully saturated rings. The number of nitrogens with zero attached hydrogens (tertiary/aromatic N) is 1. The SMILES string of the molecule is O=NCc1c(F)ccc(OCC2=CSC(c3cccs3)N2)c1F. The lowest BCUT2D eigenvalue weighted by Crippen LogP contribution is -2.17. The van der Waals surface area contributed by atoms with E-state index in [2.05, 4.69) is 10.5 Å². The van der Waals surface area contributed by atoms with Crippen LogP contribution in [0.15, 0.2) is 45.9 Å². The van der Waals surface area contributed by atoms with Gasteiger partial charge in [-0.15, -0.1) is 23.1 Å². The number of ether oxygens (including phenoxy) is 1. The van der Waals surface area contributed by atoms with Gasteiger partial charge in [0.05, 0.1) is 11.3 Å². The van der Waals surface area contributed by atoms with Gasteiger partial charge in [0.2, 0.25) is 0 Å². The van der Waals surface area contributed by atoms with E-state index in [1.807, 2.05) is 22.9 Å². The van der Waals surface area contributed by atoms with Crippen LogP contribution in [0, 0.1) is 16.5 Å². The normalized spacial score (nSPS) is 16.8. The summed E-state index contributed by atoms with van der Waals surface area (Å²) in [4.78, 5) is 11.4. The summed E-state index contributed by atoms with van der Waals surface area (Å²) < 4.78 is 32.9. The third kappa shape index (κ3) is 3.53. The van der Waals surface area contributed by atoms with Gasteiger partial charge in [-0.3, -0.25) is 0 Å². The van der Waals surface area contributed by atoms with E-state index in [4.69, 9.17) is 4.74 Å². The van der Waals surface area contributed by atoms with Crippen LogP contribution in [-0.2, 0) is 6.54 Å². The second kappa shape index (κ2) is 7.10. The van der Waals surface area contributed by atoms with E-state index < -0.39 is 18.2 Å². The molecule has 1 aliphatic rings. The van der Waals surface area contributed by atoms with E-state index in [1.165, 1.54) is 10.9 Å². The van der Waals surface area contributed by atoms with Gasteiger partial charge in [-0.2, -0.15) is 4.91 Å². The van der Waals surface area contributed by atoms with E-state index in [1.54, 1.807) is 23.1 Å². The molecule has 0 saturated heterocycles. The summed E-state index contributed by atoms with van der Waals surface area (Å²) in [5.41, 5.74) is 0.434. The van der Waals surface area contributed by atoms with Crippen molar-refractivity contribution in [3.05, 3.63) is 67.7 Å². The summed E-state index contributed by atoms with van der Waals surface area (Å²) >= 11 is 3.26. The van der Waals surface area contributed by atoms with Crippen LogP contribution < -0.4 is 10.1 Å². The third-order valence-corrected chi connectivity index (χ3v) is 5.37. The minimum atomic E-state index is -0.884. The predicted octanol–water partition coefficient (Wildman–Crippen LogP) is 4.55. The summed E-state index contributed by atoms with van der Waals surface area (Å²) in [7, 11) is 0. The smallest absolute Gasteiger partial charge is 0.173 e. The number of thiophene rings is 1. The van der Waals surface area contributed by atoms with Crippen molar-refractivity contribution in [2.45, 2.75) is 11.9 Å². The zero-order valence-electron chi connectivity index (χ0n) is 11.8. The number of rotatable bonds is 6. The predicted molar refractivity (Wildman–Crippen MR) is 87.2 cm³/mol. The number of halogens is 2. The van der Waals surface area contributed by atoms with Crippen molar-refractivity contribution >= 4 is 23.1 Å². The fraction of sp³-hybridized carbons (Fsp3) is 0.200. The van der Waals surface area contributed by atoms with Crippen molar-refractivity contribution in [2.75, 3.05) is 6.61 Å². The Hall–Kier alpha value is -1.93. The van der Waals surface area contributed by atoms with Crippen LogP contribution in [-0.4, -0.2) is 6.61 Å². The molecule has 0 aliphatic carbocycles. The maximum atomic E-state index is 14.1. The molecule has 1 aromatic carbocycles. The summed E-state index contributed by atoms with van der Waals surface area (Å²) in [5.74, 6) is -1.79. The van der Waals surface area contributed by atoms with Crippen molar-refractivity contribution in [2.24, 2.45) is 5.18 Å². The van der Waals surface area contributed by atoms with Gasteiger partial charge in [-0.25, -0.2) is 8.78 Å². The summed E-state index contributed by atoms with van der Waals surface area (Å²) in [6, 6.07) is 6.29. The standard InChI is InChI=1S/C15H12F2N2O2S2/c16-11-3-4-12(14(17)10(11)6-18-20)21-7-9-8-23-15(19-9)13-2-1-5-22-13/h1-5,8,15,19H,6-7H2. The van der Waals surface area contributed by atoms with Crippen LogP contribution in [0.5, 0.6) is 5.75 Å². The second-order valence-corrected chi connectivity index (χ2v) is 6.69. The van der Waals surface area contributed by atoms with Crippen LogP contribution in [0.3, 0.4) is 0 Å². The molecule has 120 valence electrons. The van der Waals surface area contributed by atoms with Gasteiger partial charge >= 0.3 is 0 Å². The molecule has 1 aromatic heterocycles. The number of benzene rings is 1. The molecule has 23 heavy (non-hydrogen) atoms. The highest BCUT2D eigenvalue weighted by Gasteiger charge is 2.20. The summed E-state index contributed by atoms with van der Waals surface area (Å²) in [6.07, 6.45) is 0. The molecule has 0 saturated carbocycles. The zero-order valence-corrected chi connectivity index (χ0v) is 13.4. The van der Waals surface area contributed by atoms with Crippen molar-refractivity contribution in [3.8, 4) is 5.75 Å². The second-order valence-electron chi connectivity index (χ2n) is 4.73. The molecule has 4 nitrogen and oxygen atoms in total. The molecule has 0 amide bonds. The Morgan fingerprint density at radius 3 is 2.91 bits per heavy atom. The maximum absolute atomic E-state index is 14.1. The first-order valence-electron chi connectivity index (χ1n) is 6.72. The van der Waals surface area contributed by atoms with Crippen LogP contribution in [0.2, 0.25) is 0 Å². The summed E-state index contributed by atoms with van der Waals surface area (Å²) in [6.45, 7) is -0.433. The Morgan fingerprint density at radius 1 is 1.30 bits per heavy atom. The molecular weight excluding hydrogens is 342 g/mol. The fourth-order valence-electron chi connectivity index (χ4n) is 2.09. The van der Waals surface area contributed by atoms with Crippen molar-refractivity contribution in [1.29, 1.82) is 0 Å². The molecule has 0 spiro atoms. The van der Waals surface area contributed by atoms with E-state index in [9.17, 15) is 13.7 Å². The third-order valence-electron chi connectivity index (χ3n) is 3.22. The molecule has 0 radical (unpaired) electrons. The molecule has 2 aromatic rings. The molecule has 3 rings (SSSR count). The van der Waals surface area contributed by atoms with Crippen LogP contribution in [0.4, 0.5) is 8.78 Å². The molecule has 1 aliphatic heterocycles. The first-order valence-corrected chi connectivity index (χ1v) is 8.54. The van der Waals surface area contributed by atoms with E-state index in [-0.39, 0.29) is 23.3 Å². The first kappa shape index (κ1) is 15.9. The van der Waals surface area contributed by atoms with Crippen LogP contribution in [0.25, 0.3) is 0 Å². The minimum absolute atomic E-state index is 0.0997. The largest absolute Gasteiger partial charge is 0.484 e. The Bertz CT molecular complexity index is 735. The van der Waals surface area contributed by atoms with Crippen molar-refractivity contribution < 1.29 is 13.5 Å². The van der Waals surface area contributed by atoms with Gasteiger partial charge in [0.1, 0.15) is 24.3 Å². The highest BCUT2D eigenvalue weighted by Crippen LogP contribution is 2.36.